The van der Waals surface area contributed by atoms with Gasteiger partial charge in [-0.1, -0.05) is 36.4 Å². The fourth-order valence-corrected chi connectivity index (χ4v) is 4.86. The van der Waals surface area contributed by atoms with Gasteiger partial charge in [0.15, 0.2) is 0 Å². The van der Waals surface area contributed by atoms with E-state index in [2.05, 4.69) is 16.3 Å². The number of piperidine rings is 1. The Bertz CT molecular complexity index is 1110. The second-order valence-corrected chi connectivity index (χ2v) is 10.4. The Balaban J connectivity index is 1.15. The van der Waals surface area contributed by atoms with E-state index in [4.69, 9.17) is 14.2 Å². The predicted molar refractivity (Wildman–Crippen MR) is 147 cm³/mol. The van der Waals surface area contributed by atoms with Gasteiger partial charge in [0.25, 0.3) is 0 Å². The highest BCUT2D eigenvalue weighted by Crippen LogP contribution is 2.23. The van der Waals surface area contributed by atoms with Crippen molar-refractivity contribution in [1.29, 1.82) is 0 Å². The van der Waals surface area contributed by atoms with Gasteiger partial charge in [0, 0.05) is 38.4 Å². The molecule has 0 radical (unpaired) electrons. The number of nitrogens with zero attached hydrogens (tertiary/aromatic N) is 2. The van der Waals surface area contributed by atoms with Gasteiger partial charge in [-0.05, 0) is 61.9 Å². The number of hydrogen-bond donors (Lipinski definition) is 1. The minimum absolute atomic E-state index is 0.0374. The first-order valence-corrected chi connectivity index (χ1v) is 13.8. The maximum atomic E-state index is 12.6. The first-order chi connectivity index (χ1) is 18.9. The Labute approximate surface area is 230 Å². The van der Waals surface area contributed by atoms with Crippen molar-refractivity contribution in [3.63, 3.8) is 0 Å². The van der Waals surface area contributed by atoms with Crippen LogP contribution in [0.2, 0.25) is 0 Å². The van der Waals surface area contributed by atoms with Crippen molar-refractivity contribution >= 4 is 23.7 Å². The summed E-state index contributed by atoms with van der Waals surface area (Å²) in [5.41, 5.74) is 4.11. The number of carbonyl (C=O) groups is 3. The lowest BCUT2D eigenvalue weighted by Crippen LogP contribution is -2.41. The van der Waals surface area contributed by atoms with E-state index in [1.807, 2.05) is 56.3 Å². The molecule has 2 aromatic rings. The second-order valence-electron chi connectivity index (χ2n) is 10.4. The molecule has 0 spiro atoms. The molecule has 1 saturated heterocycles. The Morgan fingerprint density at radius 1 is 1.00 bits per heavy atom. The van der Waals surface area contributed by atoms with Gasteiger partial charge in [-0.25, -0.2) is 4.79 Å². The number of ether oxygens (including phenoxy) is 3. The first kappa shape index (κ1) is 28.6. The molecule has 2 aromatic carbocycles. The molecular weight excluding hydrogens is 498 g/mol. The standard InChI is InChI=1S/C30H39N3O6/c1-22(2)39-29(35)13-15-32-14-10-24-8-9-26(18-25(24)19-32)31-28(34)21-37-27-11-16-33(17-12-27)30(36)38-20-23-6-4-3-5-7-23/h3-9,18,22,27H,10-17,19-21H2,1-2H3,(H,31,34). The Kier molecular flexibility index (Phi) is 10.3. The number of esters is 1. The van der Waals surface area contributed by atoms with Crippen LogP contribution in [0.5, 0.6) is 0 Å². The quantitative estimate of drug-likeness (QED) is 0.455. The molecule has 0 atom stereocenters. The Morgan fingerprint density at radius 3 is 2.51 bits per heavy atom. The number of hydrogen-bond acceptors (Lipinski definition) is 7. The van der Waals surface area contributed by atoms with Crippen molar-refractivity contribution in [3.8, 4) is 0 Å². The summed E-state index contributed by atoms with van der Waals surface area (Å²) in [6.45, 7) is 7.28. The number of amides is 2. The summed E-state index contributed by atoms with van der Waals surface area (Å²) in [5, 5.41) is 2.94. The molecule has 0 bridgehead atoms. The molecule has 2 aliphatic rings. The van der Waals surface area contributed by atoms with Crippen LogP contribution in [0.15, 0.2) is 48.5 Å². The van der Waals surface area contributed by atoms with Crippen molar-refractivity contribution in [3.05, 3.63) is 65.2 Å². The van der Waals surface area contributed by atoms with E-state index in [0.29, 0.717) is 38.9 Å². The van der Waals surface area contributed by atoms with E-state index in [-0.39, 0.29) is 43.4 Å². The molecular formula is C30H39N3O6. The monoisotopic (exact) mass is 537 g/mol. The number of benzene rings is 2. The van der Waals surface area contributed by atoms with Crippen molar-refractivity contribution in [2.24, 2.45) is 0 Å². The van der Waals surface area contributed by atoms with E-state index in [9.17, 15) is 14.4 Å². The van der Waals surface area contributed by atoms with Crippen molar-refractivity contribution in [2.75, 3.05) is 38.1 Å². The maximum absolute atomic E-state index is 12.6. The van der Waals surface area contributed by atoms with E-state index in [1.54, 1.807) is 4.90 Å². The number of rotatable bonds is 10. The zero-order valence-electron chi connectivity index (χ0n) is 22.9. The summed E-state index contributed by atoms with van der Waals surface area (Å²) in [4.78, 5) is 40.7. The zero-order chi connectivity index (χ0) is 27.6. The largest absolute Gasteiger partial charge is 0.463 e. The number of likely N-dealkylation sites (tertiary alicyclic amines) is 1. The molecule has 2 aliphatic heterocycles. The van der Waals surface area contributed by atoms with Gasteiger partial charge in [-0.3, -0.25) is 14.5 Å². The fourth-order valence-electron chi connectivity index (χ4n) is 4.86. The second kappa shape index (κ2) is 14.1. The van der Waals surface area contributed by atoms with Gasteiger partial charge in [0.1, 0.15) is 13.2 Å². The number of nitrogens with one attached hydrogen (secondary N) is 1. The lowest BCUT2D eigenvalue weighted by molar-refractivity contribution is -0.147. The van der Waals surface area contributed by atoms with E-state index < -0.39 is 0 Å². The average molecular weight is 538 g/mol. The predicted octanol–water partition coefficient (Wildman–Crippen LogP) is 4.14. The van der Waals surface area contributed by atoms with Crippen LogP contribution < -0.4 is 5.32 Å². The van der Waals surface area contributed by atoms with Crippen molar-refractivity contribution in [1.82, 2.24) is 9.80 Å². The summed E-state index contributed by atoms with van der Waals surface area (Å²) in [5.74, 6) is -0.380. The van der Waals surface area contributed by atoms with Gasteiger partial charge in [0.05, 0.1) is 18.6 Å². The Morgan fingerprint density at radius 2 is 1.77 bits per heavy atom. The summed E-state index contributed by atoms with van der Waals surface area (Å²) in [6.07, 6.45) is 2.10. The lowest BCUT2D eigenvalue weighted by Gasteiger charge is -2.31. The van der Waals surface area contributed by atoms with Crippen molar-refractivity contribution < 1.29 is 28.6 Å². The van der Waals surface area contributed by atoms with E-state index >= 15 is 0 Å². The molecule has 0 unspecified atom stereocenters. The van der Waals surface area contributed by atoms with Gasteiger partial charge >= 0.3 is 12.1 Å². The zero-order valence-corrected chi connectivity index (χ0v) is 22.9. The van der Waals surface area contributed by atoms with Gasteiger partial charge in [-0.2, -0.15) is 0 Å². The Hall–Kier alpha value is -3.43. The van der Waals surface area contributed by atoms with Crippen molar-refractivity contribution in [2.45, 2.75) is 64.9 Å². The molecule has 4 rings (SSSR count). The van der Waals surface area contributed by atoms with Gasteiger partial charge in [-0.15, -0.1) is 0 Å². The van der Waals surface area contributed by atoms with E-state index in [1.165, 1.54) is 5.56 Å². The van der Waals surface area contributed by atoms with Crippen LogP contribution >= 0.6 is 0 Å². The minimum atomic E-state index is -0.323. The molecule has 0 aliphatic carbocycles. The number of anilines is 1. The molecule has 2 amide bonds. The van der Waals surface area contributed by atoms with Crippen LogP contribution in [0.3, 0.4) is 0 Å². The summed E-state index contributed by atoms with van der Waals surface area (Å²) < 4.78 is 16.5. The summed E-state index contributed by atoms with van der Waals surface area (Å²) in [6, 6.07) is 15.6. The third-order valence-corrected chi connectivity index (χ3v) is 6.94. The third-order valence-electron chi connectivity index (χ3n) is 6.94. The lowest BCUT2D eigenvalue weighted by atomic mass is 9.99. The third kappa shape index (κ3) is 9.07. The highest BCUT2D eigenvalue weighted by atomic mass is 16.6. The van der Waals surface area contributed by atoms with Crippen LogP contribution in [0.1, 0.15) is 49.8 Å². The first-order valence-electron chi connectivity index (χ1n) is 13.8. The van der Waals surface area contributed by atoms with Crippen LogP contribution in [0, 0.1) is 0 Å². The van der Waals surface area contributed by atoms with Crippen LogP contribution in [0.4, 0.5) is 10.5 Å². The molecule has 0 aromatic heterocycles. The summed E-state index contributed by atoms with van der Waals surface area (Å²) >= 11 is 0. The molecule has 0 saturated carbocycles. The SMILES string of the molecule is CC(C)OC(=O)CCN1CCc2ccc(NC(=O)COC3CCN(C(=O)OCc4ccccc4)CC3)cc2C1. The van der Waals surface area contributed by atoms with Crippen LogP contribution in [0.25, 0.3) is 0 Å². The maximum Gasteiger partial charge on any atom is 0.410 e. The number of fused-ring (bicyclic) bond motifs is 1. The normalized spacial score (nSPS) is 16.0. The molecule has 210 valence electrons. The summed E-state index contributed by atoms with van der Waals surface area (Å²) in [7, 11) is 0. The van der Waals surface area contributed by atoms with E-state index in [0.717, 1.165) is 36.3 Å². The smallest absolute Gasteiger partial charge is 0.410 e. The van der Waals surface area contributed by atoms with Gasteiger partial charge < -0.3 is 24.4 Å². The highest BCUT2D eigenvalue weighted by molar-refractivity contribution is 5.91. The fraction of sp³-hybridized carbons (Fsp3) is 0.500. The van der Waals surface area contributed by atoms with Gasteiger partial charge in [0.2, 0.25) is 5.91 Å². The molecule has 9 nitrogen and oxygen atoms in total. The van der Waals surface area contributed by atoms with Crippen LogP contribution in [-0.4, -0.2) is 72.8 Å². The molecule has 1 fully saturated rings. The average Bonchev–Trinajstić information content (AvgIpc) is 2.94. The minimum Gasteiger partial charge on any atom is -0.463 e. The van der Waals surface area contributed by atoms with Crippen LogP contribution in [-0.2, 0) is 43.4 Å². The molecule has 1 N–H and O–H groups in total. The molecule has 2 heterocycles. The topological polar surface area (TPSA) is 97.4 Å². The molecule has 9 heteroatoms. The highest BCUT2D eigenvalue weighted by Gasteiger charge is 2.25. The molecule has 39 heavy (non-hydrogen) atoms. The number of carbonyl (C=O) groups excluding carboxylic acids is 3.